The van der Waals surface area contributed by atoms with Gasteiger partial charge in [0.1, 0.15) is 23.4 Å². The van der Waals surface area contributed by atoms with Crippen LogP contribution in [0.2, 0.25) is 0 Å². The fraction of sp³-hybridized carbons (Fsp3) is 0.235. The predicted octanol–water partition coefficient (Wildman–Crippen LogP) is 4.94. The summed E-state index contributed by atoms with van der Waals surface area (Å²) in [6.45, 7) is 0.517. The normalized spacial score (nSPS) is 11.7. The number of nitrogens with one attached hydrogen (secondary N) is 2. The topological polar surface area (TPSA) is 123 Å². The largest absolute Gasteiger partial charge is 0.497 e. The molecule has 1 atom stereocenters. The van der Waals surface area contributed by atoms with Gasteiger partial charge in [-0.1, -0.05) is 42.5 Å². The number of rotatable bonds is 16. The summed E-state index contributed by atoms with van der Waals surface area (Å²) < 4.78 is 57.3. The van der Waals surface area contributed by atoms with Crippen LogP contribution >= 0.6 is 0 Å². The number of sulfonamides is 1. The fourth-order valence-electron chi connectivity index (χ4n) is 4.56. The number of amides is 2. The third kappa shape index (κ3) is 9.53. The number of hydrogen-bond acceptors (Lipinski definition) is 7. The van der Waals surface area contributed by atoms with Crippen LogP contribution in [0.25, 0.3) is 0 Å². The van der Waals surface area contributed by atoms with E-state index in [0.29, 0.717) is 30.9 Å². The predicted molar refractivity (Wildman–Crippen MR) is 171 cm³/mol. The van der Waals surface area contributed by atoms with E-state index >= 15 is 0 Å². The number of carbonyl (C=O) groups excluding carboxylic acids is 2. The molecule has 0 saturated carbocycles. The smallest absolute Gasteiger partial charge is 0.261 e. The second kappa shape index (κ2) is 16.4. The molecule has 0 saturated heterocycles. The summed E-state index contributed by atoms with van der Waals surface area (Å²) in [5.41, 5.74) is 1.60. The maximum Gasteiger partial charge on any atom is 0.261 e. The Morgan fingerprint density at radius 2 is 1.50 bits per heavy atom. The first-order valence-electron chi connectivity index (χ1n) is 14.5. The van der Waals surface area contributed by atoms with Gasteiger partial charge in [-0.05, 0) is 78.2 Å². The molecule has 0 aromatic heterocycles. The molecule has 0 aliphatic rings. The molecule has 4 aromatic carbocycles. The SMILES string of the molecule is COCCCNC(=O)[C@H](c1ccccc1)N(Cc1ccc(OC)cc1)C(=O)COc1ccc(S(=O)(=O)Nc2ccc(F)cc2)cc1. The average Bonchev–Trinajstić information content (AvgIpc) is 3.07. The van der Waals surface area contributed by atoms with E-state index in [4.69, 9.17) is 14.2 Å². The molecule has 0 aliphatic heterocycles. The number of ether oxygens (including phenoxy) is 3. The highest BCUT2D eigenvalue weighted by Crippen LogP contribution is 2.26. The zero-order valence-electron chi connectivity index (χ0n) is 25.5. The zero-order chi connectivity index (χ0) is 32.9. The highest BCUT2D eigenvalue weighted by Gasteiger charge is 2.32. The lowest BCUT2D eigenvalue weighted by Gasteiger charge is -2.31. The number of anilines is 1. The number of halogens is 1. The van der Waals surface area contributed by atoms with Gasteiger partial charge in [-0.3, -0.25) is 14.3 Å². The Morgan fingerprint density at radius 1 is 0.848 bits per heavy atom. The van der Waals surface area contributed by atoms with Gasteiger partial charge in [0, 0.05) is 32.5 Å². The molecule has 0 radical (unpaired) electrons. The van der Waals surface area contributed by atoms with Crippen molar-refractivity contribution in [2.24, 2.45) is 0 Å². The zero-order valence-corrected chi connectivity index (χ0v) is 26.3. The molecule has 46 heavy (non-hydrogen) atoms. The molecule has 0 unspecified atom stereocenters. The van der Waals surface area contributed by atoms with Crippen LogP contribution in [0.5, 0.6) is 11.5 Å². The third-order valence-electron chi connectivity index (χ3n) is 6.92. The van der Waals surface area contributed by atoms with E-state index in [-0.39, 0.29) is 28.8 Å². The minimum Gasteiger partial charge on any atom is -0.497 e. The summed E-state index contributed by atoms with van der Waals surface area (Å²) in [5, 5.41) is 2.91. The van der Waals surface area contributed by atoms with Crippen molar-refractivity contribution in [3.8, 4) is 11.5 Å². The second-order valence-electron chi connectivity index (χ2n) is 10.2. The first-order chi connectivity index (χ1) is 22.2. The van der Waals surface area contributed by atoms with Gasteiger partial charge in [-0.2, -0.15) is 0 Å². The molecule has 4 aromatic rings. The first kappa shape index (κ1) is 33.9. The molecule has 2 N–H and O–H groups in total. The molecule has 0 fully saturated rings. The van der Waals surface area contributed by atoms with Crippen LogP contribution in [-0.4, -0.2) is 59.1 Å². The molecular weight excluding hydrogens is 613 g/mol. The molecule has 0 spiro atoms. The fourth-order valence-corrected chi connectivity index (χ4v) is 5.62. The highest BCUT2D eigenvalue weighted by atomic mass is 32.2. The van der Waals surface area contributed by atoms with Crippen LogP contribution in [-0.2, 0) is 30.9 Å². The van der Waals surface area contributed by atoms with E-state index < -0.39 is 34.4 Å². The van der Waals surface area contributed by atoms with E-state index in [1.54, 1.807) is 50.6 Å². The van der Waals surface area contributed by atoms with Gasteiger partial charge in [0.25, 0.3) is 15.9 Å². The van der Waals surface area contributed by atoms with Crippen molar-refractivity contribution in [3.63, 3.8) is 0 Å². The Labute approximate surface area is 268 Å². The summed E-state index contributed by atoms with van der Waals surface area (Å²) >= 11 is 0. The molecule has 12 heteroatoms. The highest BCUT2D eigenvalue weighted by molar-refractivity contribution is 7.92. The van der Waals surface area contributed by atoms with E-state index in [1.165, 1.54) is 41.3 Å². The van der Waals surface area contributed by atoms with Crippen molar-refractivity contribution >= 4 is 27.5 Å². The Morgan fingerprint density at radius 3 is 2.13 bits per heavy atom. The lowest BCUT2D eigenvalue weighted by Crippen LogP contribution is -2.45. The molecule has 2 amide bonds. The maximum absolute atomic E-state index is 13.8. The third-order valence-corrected chi connectivity index (χ3v) is 8.32. The number of methoxy groups -OCH3 is 2. The molecule has 0 aliphatic carbocycles. The summed E-state index contributed by atoms with van der Waals surface area (Å²) in [4.78, 5) is 28.8. The van der Waals surface area contributed by atoms with Crippen molar-refractivity contribution in [3.05, 3.63) is 120 Å². The number of nitrogens with zero attached hydrogens (tertiary/aromatic N) is 1. The monoisotopic (exact) mass is 649 g/mol. The van der Waals surface area contributed by atoms with Crippen LogP contribution in [0.4, 0.5) is 10.1 Å². The van der Waals surface area contributed by atoms with Gasteiger partial charge < -0.3 is 24.4 Å². The first-order valence-corrected chi connectivity index (χ1v) is 15.9. The van der Waals surface area contributed by atoms with Crippen LogP contribution in [0, 0.1) is 5.82 Å². The lowest BCUT2D eigenvalue weighted by atomic mass is 10.0. The lowest BCUT2D eigenvalue weighted by molar-refractivity contribution is -0.143. The Hall–Kier alpha value is -4.94. The molecule has 10 nitrogen and oxygen atoms in total. The van der Waals surface area contributed by atoms with Crippen LogP contribution in [0.1, 0.15) is 23.6 Å². The summed E-state index contributed by atoms with van der Waals surface area (Å²) in [5.74, 6) is -0.407. The number of carbonyl (C=O) groups is 2. The molecule has 4 rings (SSSR count). The maximum atomic E-state index is 13.8. The van der Waals surface area contributed by atoms with Gasteiger partial charge in [-0.25, -0.2) is 12.8 Å². The van der Waals surface area contributed by atoms with Crippen LogP contribution in [0.15, 0.2) is 108 Å². The van der Waals surface area contributed by atoms with Crippen LogP contribution in [0.3, 0.4) is 0 Å². The molecular formula is C34H36FN3O7S. The molecule has 0 heterocycles. The molecule has 0 bridgehead atoms. The Kier molecular flexibility index (Phi) is 12.1. The van der Waals surface area contributed by atoms with E-state index in [2.05, 4.69) is 10.0 Å². The summed E-state index contributed by atoms with van der Waals surface area (Å²) in [6, 6.07) is 25.7. The Balaban J connectivity index is 1.53. The number of hydrogen-bond donors (Lipinski definition) is 2. The van der Waals surface area contributed by atoms with Gasteiger partial charge in [0.2, 0.25) is 5.91 Å². The van der Waals surface area contributed by atoms with Gasteiger partial charge in [-0.15, -0.1) is 0 Å². The van der Waals surface area contributed by atoms with Crippen LogP contribution < -0.4 is 19.5 Å². The van der Waals surface area contributed by atoms with Gasteiger partial charge in [0.15, 0.2) is 6.61 Å². The van der Waals surface area contributed by atoms with Crippen molar-refractivity contribution in [2.45, 2.75) is 23.9 Å². The van der Waals surface area contributed by atoms with E-state index in [0.717, 1.165) is 17.7 Å². The van der Waals surface area contributed by atoms with Crippen molar-refractivity contribution < 1.29 is 36.6 Å². The van der Waals surface area contributed by atoms with E-state index in [1.807, 2.05) is 18.2 Å². The molecule has 242 valence electrons. The van der Waals surface area contributed by atoms with E-state index in [9.17, 15) is 22.4 Å². The summed E-state index contributed by atoms with van der Waals surface area (Å²) in [7, 11) is -0.809. The van der Waals surface area contributed by atoms with Gasteiger partial charge >= 0.3 is 0 Å². The minimum atomic E-state index is -3.95. The average molecular weight is 650 g/mol. The Bertz CT molecular complexity index is 1670. The van der Waals surface area contributed by atoms with Gasteiger partial charge in [0.05, 0.1) is 12.0 Å². The van der Waals surface area contributed by atoms with Crippen molar-refractivity contribution in [1.82, 2.24) is 10.2 Å². The van der Waals surface area contributed by atoms with Crippen molar-refractivity contribution in [1.29, 1.82) is 0 Å². The second-order valence-corrected chi connectivity index (χ2v) is 11.9. The van der Waals surface area contributed by atoms with Crippen molar-refractivity contribution in [2.75, 3.05) is 38.7 Å². The summed E-state index contributed by atoms with van der Waals surface area (Å²) in [6.07, 6.45) is 0.602. The quantitative estimate of drug-likeness (QED) is 0.165. The standard InChI is InChI=1S/C34H36FN3O7S/c1-43-22-6-21-36-34(40)33(26-7-4-3-5-8-26)38(23-25-9-15-29(44-2)16-10-25)32(39)24-45-30-17-19-31(20-18-30)46(41,42)37-28-13-11-27(35)12-14-28/h3-5,7-20,33,37H,6,21-24H2,1-2H3,(H,36,40)/t33-/m0/s1. The number of benzene rings is 4. The minimum absolute atomic E-state index is 0.0501.